The molecule has 2 aromatic rings. The number of benzene rings is 2. The van der Waals surface area contributed by atoms with Crippen molar-refractivity contribution in [2.75, 3.05) is 13.1 Å². The van der Waals surface area contributed by atoms with Crippen molar-refractivity contribution < 1.29 is 14.0 Å². The van der Waals surface area contributed by atoms with Gasteiger partial charge >= 0.3 is 0 Å². The zero-order valence-electron chi connectivity index (χ0n) is 12.7. The number of aryl methyl sites for hydroxylation is 1. The number of carbonyl (C=O) groups is 2. The van der Waals surface area contributed by atoms with Gasteiger partial charge in [0.25, 0.3) is 5.91 Å². The lowest BCUT2D eigenvalue weighted by molar-refractivity contribution is -0.121. The molecule has 5 heteroatoms. The smallest absolute Gasteiger partial charge is 0.251 e. The molecule has 0 aliphatic carbocycles. The van der Waals surface area contributed by atoms with Crippen molar-refractivity contribution in [1.82, 2.24) is 10.6 Å². The molecule has 0 aliphatic rings. The number of halogens is 1. The normalized spacial score (nSPS) is 10.1. The lowest BCUT2D eigenvalue weighted by atomic mass is 10.1. The maximum Gasteiger partial charge on any atom is 0.251 e. The summed E-state index contributed by atoms with van der Waals surface area (Å²) in [5.74, 6) is -0.589. The van der Waals surface area contributed by atoms with E-state index in [9.17, 15) is 14.0 Å². The zero-order valence-corrected chi connectivity index (χ0v) is 12.7. The Balaban J connectivity index is 1.62. The molecule has 0 bridgehead atoms. The molecule has 0 atom stereocenters. The van der Waals surface area contributed by atoms with Crippen LogP contribution in [-0.4, -0.2) is 24.9 Å². The zero-order chi connectivity index (χ0) is 16.5. The fraction of sp³-hybridized carbons (Fsp3) is 0.222. The highest BCUT2D eigenvalue weighted by atomic mass is 19.1. The molecule has 0 saturated heterocycles. The van der Waals surface area contributed by atoms with E-state index in [1.54, 1.807) is 36.4 Å². The minimum absolute atomic E-state index is 0.122. The molecule has 0 heterocycles. The van der Waals surface area contributed by atoms with E-state index in [-0.39, 0.29) is 24.1 Å². The van der Waals surface area contributed by atoms with E-state index in [1.165, 1.54) is 12.1 Å². The molecule has 0 spiro atoms. The molecule has 2 aromatic carbocycles. The molecule has 0 aromatic heterocycles. The van der Waals surface area contributed by atoms with Crippen LogP contribution >= 0.6 is 0 Å². The van der Waals surface area contributed by atoms with Crippen LogP contribution in [0, 0.1) is 5.82 Å². The van der Waals surface area contributed by atoms with Crippen LogP contribution in [0.2, 0.25) is 0 Å². The monoisotopic (exact) mass is 314 g/mol. The molecule has 2 N–H and O–H groups in total. The second kappa shape index (κ2) is 8.68. The largest absolute Gasteiger partial charge is 0.354 e. The Labute approximate surface area is 134 Å². The van der Waals surface area contributed by atoms with Gasteiger partial charge in [-0.3, -0.25) is 9.59 Å². The first-order valence-electron chi connectivity index (χ1n) is 7.49. The summed E-state index contributed by atoms with van der Waals surface area (Å²) in [4.78, 5) is 23.5. The highest BCUT2D eigenvalue weighted by molar-refractivity contribution is 5.94. The molecule has 0 radical (unpaired) electrons. The quantitative estimate of drug-likeness (QED) is 0.771. The third-order valence-electron chi connectivity index (χ3n) is 3.30. The van der Waals surface area contributed by atoms with E-state index in [0.29, 0.717) is 25.1 Å². The predicted octanol–water partition coefficient (Wildman–Crippen LogP) is 2.30. The number of hydrogen-bond donors (Lipinski definition) is 2. The second-order valence-electron chi connectivity index (χ2n) is 5.10. The van der Waals surface area contributed by atoms with Gasteiger partial charge in [0.05, 0.1) is 0 Å². The minimum atomic E-state index is -0.300. The van der Waals surface area contributed by atoms with Crippen LogP contribution in [-0.2, 0) is 11.2 Å². The molecular weight excluding hydrogens is 295 g/mol. The Morgan fingerprint density at radius 2 is 1.65 bits per heavy atom. The Bertz CT molecular complexity index is 659. The van der Waals surface area contributed by atoms with Crippen molar-refractivity contribution in [1.29, 1.82) is 0 Å². The Morgan fingerprint density at radius 3 is 2.39 bits per heavy atom. The standard InChI is InChI=1S/C18H19FN2O2/c19-16-8-4-5-14(13-16)9-10-17(22)20-11-12-21-18(23)15-6-2-1-3-7-15/h1-8,13H,9-12H2,(H,20,22)(H,21,23). The summed E-state index contributed by atoms with van der Waals surface area (Å²) in [6.07, 6.45) is 0.774. The average Bonchev–Trinajstić information content (AvgIpc) is 2.57. The number of hydrogen-bond acceptors (Lipinski definition) is 2. The highest BCUT2D eigenvalue weighted by Gasteiger charge is 2.05. The molecule has 120 valence electrons. The minimum Gasteiger partial charge on any atom is -0.354 e. The number of carbonyl (C=O) groups excluding carboxylic acids is 2. The molecule has 2 rings (SSSR count). The Hall–Kier alpha value is -2.69. The van der Waals surface area contributed by atoms with Crippen molar-refractivity contribution in [3.63, 3.8) is 0 Å². The van der Waals surface area contributed by atoms with Gasteiger partial charge in [-0.2, -0.15) is 0 Å². The molecule has 2 amide bonds. The summed E-state index contributed by atoms with van der Waals surface area (Å²) >= 11 is 0. The van der Waals surface area contributed by atoms with Crippen molar-refractivity contribution >= 4 is 11.8 Å². The lowest BCUT2D eigenvalue weighted by Crippen LogP contribution is -2.34. The van der Waals surface area contributed by atoms with Gasteiger partial charge in [-0.15, -0.1) is 0 Å². The van der Waals surface area contributed by atoms with Crippen LogP contribution in [0.4, 0.5) is 4.39 Å². The second-order valence-corrected chi connectivity index (χ2v) is 5.10. The van der Waals surface area contributed by atoms with Gasteiger partial charge in [-0.1, -0.05) is 30.3 Å². The van der Waals surface area contributed by atoms with Gasteiger partial charge in [0, 0.05) is 25.1 Å². The van der Waals surface area contributed by atoms with Crippen molar-refractivity contribution in [2.24, 2.45) is 0 Å². The highest BCUT2D eigenvalue weighted by Crippen LogP contribution is 2.05. The predicted molar refractivity (Wildman–Crippen MR) is 86.5 cm³/mol. The molecule has 0 saturated carbocycles. The Morgan fingerprint density at radius 1 is 0.913 bits per heavy atom. The van der Waals surface area contributed by atoms with E-state index >= 15 is 0 Å². The summed E-state index contributed by atoms with van der Waals surface area (Å²) < 4.78 is 13.0. The van der Waals surface area contributed by atoms with Crippen LogP contribution in [0.1, 0.15) is 22.3 Å². The number of amides is 2. The first-order valence-corrected chi connectivity index (χ1v) is 7.49. The summed E-state index contributed by atoms with van der Waals surface area (Å²) in [5.41, 5.74) is 1.38. The van der Waals surface area contributed by atoms with Gasteiger partial charge < -0.3 is 10.6 Å². The number of nitrogens with one attached hydrogen (secondary N) is 2. The van der Waals surface area contributed by atoms with Crippen LogP contribution in [0.25, 0.3) is 0 Å². The van der Waals surface area contributed by atoms with Gasteiger partial charge in [-0.05, 0) is 36.2 Å². The third kappa shape index (κ3) is 5.90. The molecular formula is C18H19FN2O2. The van der Waals surface area contributed by atoms with Crippen molar-refractivity contribution in [3.8, 4) is 0 Å². The molecule has 0 fully saturated rings. The van der Waals surface area contributed by atoms with E-state index < -0.39 is 0 Å². The summed E-state index contributed by atoms with van der Waals surface area (Å²) in [7, 11) is 0. The van der Waals surface area contributed by atoms with Gasteiger partial charge in [-0.25, -0.2) is 4.39 Å². The summed E-state index contributed by atoms with van der Waals surface area (Å²) in [6, 6.07) is 15.1. The van der Waals surface area contributed by atoms with Gasteiger partial charge in [0.2, 0.25) is 5.91 Å². The molecule has 0 aliphatic heterocycles. The fourth-order valence-electron chi connectivity index (χ4n) is 2.11. The van der Waals surface area contributed by atoms with Gasteiger partial charge in [0.1, 0.15) is 5.82 Å². The van der Waals surface area contributed by atoms with Crippen LogP contribution in [0.15, 0.2) is 54.6 Å². The molecule has 4 nitrogen and oxygen atoms in total. The van der Waals surface area contributed by atoms with E-state index in [0.717, 1.165) is 5.56 Å². The maximum atomic E-state index is 13.0. The third-order valence-corrected chi connectivity index (χ3v) is 3.30. The van der Waals surface area contributed by atoms with E-state index in [1.807, 2.05) is 6.07 Å². The SMILES string of the molecule is O=C(CCc1cccc(F)c1)NCCNC(=O)c1ccccc1. The maximum absolute atomic E-state index is 13.0. The Kier molecular flexibility index (Phi) is 6.29. The summed E-state index contributed by atoms with van der Waals surface area (Å²) in [6.45, 7) is 0.722. The first kappa shape index (κ1) is 16.7. The number of rotatable bonds is 7. The topological polar surface area (TPSA) is 58.2 Å². The molecule has 0 unspecified atom stereocenters. The van der Waals surface area contributed by atoms with Crippen molar-refractivity contribution in [3.05, 3.63) is 71.5 Å². The van der Waals surface area contributed by atoms with Crippen molar-refractivity contribution in [2.45, 2.75) is 12.8 Å². The lowest BCUT2D eigenvalue weighted by Gasteiger charge is -2.07. The van der Waals surface area contributed by atoms with Gasteiger partial charge in [0.15, 0.2) is 0 Å². The average molecular weight is 314 g/mol. The first-order chi connectivity index (χ1) is 11.1. The summed E-state index contributed by atoms with van der Waals surface area (Å²) in [5, 5.41) is 5.46. The van der Waals surface area contributed by atoms with Crippen LogP contribution < -0.4 is 10.6 Å². The van der Waals surface area contributed by atoms with E-state index in [2.05, 4.69) is 10.6 Å². The molecule has 23 heavy (non-hydrogen) atoms. The fourth-order valence-corrected chi connectivity index (χ4v) is 2.11. The van der Waals surface area contributed by atoms with E-state index in [4.69, 9.17) is 0 Å². The van der Waals surface area contributed by atoms with Crippen LogP contribution in [0.3, 0.4) is 0 Å². The van der Waals surface area contributed by atoms with Crippen LogP contribution in [0.5, 0.6) is 0 Å².